The van der Waals surface area contributed by atoms with E-state index >= 15 is 0 Å². The molecule has 0 spiro atoms. The Hall–Kier alpha value is -2.40. The molecule has 0 aliphatic carbocycles. The number of benzene rings is 2. The van der Waals surface area contributed by atoms with Crippen molar-refractivity contribution >= 4 is 23.0 Å². The molecule has 106 valence electrons. The van der Waals surface area contributed by atoms with Crippen LogP contribution in [0.25, 0.3) is 0 Å². The van der Waals surface area contributed by atoms with Gasteiger partial charge >= 0.3 is 0 Å². The molecule has 0 saturated carbocycles. The molecule has 3 N–H and O–H groups in total. The minimum absolute atomic E-state index is 0.0620. The lowest BCUT2D eigenvalue weighted by atomic mass is 9.96. The molecule has 0 bridgehead atoms. The molecular weight excluding hydrogens is 282 g/mol. The molecule has 0 unspecified atom stereocenters. The second kappa shape index (κ2) is 5.93. The van der Waals surface area contributed by atoms with Crippen LogP contribution < -0.4 is 15.9 Å². The van der Waals surface area contributed by atoms with Gasteiger partial charge in [-0.1, -0.05) is 42.5 Å². The van der Waals surface area contributed by atoms with Crippen molar-refractivity contribution in [2.24, 2.45) is 10.8 Å². The maximum atomic E-state index is 6.08. The third kappa shape index (κ3) is 3.03. The summed E-state index contributed by atoms with van der Waals surface area (Å²) < 4.78 is 6.08. The third-order valence-electron chi connectivity index (χ3n) is 3.32. The quantitative estimate of drug-likeness (QED) is 0.661. The summed E-state index contributed by atoms with van der Waals surface area (Å²) in [5.41, 5.74) is 11.1. The average molecular weight is 297 g/mol. The average Bonchev–Trinajstić information content (AvgIpc) is 2.53. The Morgan fingerprint density at radius 1 is 1.14 bits per heavy atom. The van der Waals surface area contributed by atoms with Crippen LogP contribution in [0.3, 0.4) is 0 Å². The molecule has 4 nitrogen and oxygen atoms in total. The molecule has 0 aromatic heterocycles. The fourth-order valence-electron chi connectivity index (χ4n) is 2.37. The lowest BCUT2D eigenvalue weighted by Crippen LogP contribution is -2.28. The predicted octanol–water partition coefficient (Wildman–Crippen LogP) is 2.75. The number of thiocarbonyl (C=S) groups is 1. The topological polar surface area (TPSA) is 59.6 Å². The SMILES string of the molecule is NC(=S)N/N=C1\C[C@H](c2ccccc2)Oc2ccccc21. The van der Waals surface area contributed by atoms with Crippen LogP contribution in [0.15, 0.2) is 59.7 Å². The van der Waals surface area contributed by atoms with Gasteiger partial charge in [0.05, 0.1) is 5.71 Å². The molecule has 1 aliphatic heterocycles. The van der Waals surface area contributed by atoms with E-state index in [4.69, 9.17) is 22.7 Å². The van der Waals surface area contributed by atoms with Gasteiger partial charge in [0, 0.05) is 12.0 Å². The van der Waals surface area contributed by atoms with E-state index in [1.54, 1.807) is 0 Å². The van der Waals surface area contributed by atoms with Crippen molar-refractivity contribution in [1.29, 1.82) is 0 Å². The number of ether oxygens (including phenoxy) is 1. The van der Waals surface area contributed by atoms with Gasteiger partial charge in [-0.2, -0.15) is 5.10 Å². The van der Waals surface area contributed by atoms with Crippen LogP contribution in [0.1, 0.15) is 23.7 Å². The van der Waals surface area contributed by atoms with E-state index in [9.17, 15) is 0 Å². The summed E-state index contributed by atoms with van der Waals surface area (Å²) in [6.45, 7) is 0. The number of nitrogens with two attached hydrogens (primary N) is 1. The van der Waals surface area contributed by atoms with Crippen molar-refractivity contribution in [2.75, 3.05) is 0 Å². The summed E-state index contributed by atoms with van der Waals surface area (Å²) in [6.07, 6.45) is 0.601. The van der Waals surface area contributed by atoms with Gasteiger partial charge < -0.3 is 10.5 Å². The lowest BCUT2D eigenvalue weighted by Gasteiger charge is -2.27. The molecule has 2 aromatic carbocycles. The first-order valence-electron chi connectivity index (χ1n) is 6.67. The molecule has 3 rings (SSSR count). The predicted molar refractivity (Wildman–Crippen MR) is 87.3 cm³/mol. The highest BCUT2D eigenvalue weighted by Crippen LogP contribution is 2.34. The molecular formula is C16H15N3OS. The second-order valence-corrected chi connectivity index (χ2v) is 5.19. The van der Waals surface area contributed by atoms with Crippen LogP contribution in [0.2, 0.25) is 0 Å². The van der Waals surface area contributed by atoms with Crippen LogP contribution in [-0.4, -0.2) is 10.8 Å². The molecule has 1 aliphatic rings. The maximum absolute atomic E-state index is 6.08. The molecule has 1 heterocycles. The van der Waals surface area contributed by atoms with Crippen molar-refractivity contribution in [1.82, 2.24) is 5.43 Å². The summed E-state index contributed by atoms with van der Waals surface area (Å²) in [4.78, 5) is 0. The molecule has 0 fully saturated rings. The molecule has 1 atom stereocenters. The first kappa shape index (κ1) is 13.6. The molecule has 2 aromatic rings. The van der Waals surface area contributed by atoms with Crippen LogP contribution in [0.5, 0.6) is 5.75 Å². The Morgan fingerprint density at radius 3 is 2.62 bits per heavy atom. The zero-order chi connectivity index (χ0) is 14.7. The Morgan fingerprint density at radius 2 is 1.86 bits per heavy atom. The zero-order valence-electron chi connectivity index (χ0n) is 11.3. The largest absolute Gasteiger partial charge is 0.485 e. The fraction of sp³-hybridized carbons (Fsp3) is 0.125. The molecule has 5 heteroatoms. The number of nitrogens with zero attached hydrogens (tertiary/aromatic N) is 1. The van der Waals surface area contributed by atoms with Crippen LogP contribution in [0.4, 0.5) is 0 Å². The highest BCUT2D eigenvalue weighted by Gasteiger charge is 2.25. The summed E-state index contributed by atoms with van der Waals surface area (Å²) in [7, 11) is 0. The van der Waals surface area contributed by atoms with Crippen LogP contribution in [-0.2, 0) is 0 Å². The Balaban J connectivity index is 1.96. The first-order valence-corrected chi connectivity index (χ1v) is 7.08. The number of rotatable bonds is 2. The van der Waals surface area contributed by atoms with Gasteiger partial charge in [-0.25, -0.2) is 0 Å². The van der Waals surface area contributed by atoms with Gasteiger partial charge in [0.15, 0.2) is 5.11 Å². The van der Waals surface area contributed by atoms with Crippen LogP contribution >= 0.6 is 12.2 Å². The highest BCUT2D eigenvalue weighted by molar-refractivity contribution is 7.80. The van der Waals surface area contributed by atoms with Crippen molar-refractivity contribution in [3.05, 3.63) is 65.7 Å². The summed E-state index contributed by atoms with van der Waals surface area (Å²) in [5, 5.41) is 4.48. The van der Waals surface area contributed by atoms with Gasteiger partial charge in [0.2, 0.25) is 0 Å². The van der Waals surface area contributed by atoms with E-state index < -0.39 is 0 Å². The van der Waals surface area contributed by atoms with Gasteiger partial charge in [-0.05, 0) is 29.9 Å². The standard InChI is InChI=1S/C16H15N3OS/c17-16(21)19-18-13-10-15(11-6-2-1-3-7-11)20-14-9-5-4-8-12(13)14/h1-9,15H,10H2,(H3,17,19,21)/b18-13+/t15-/m1/s1. The Bertz CT molecular complexity index is 685. The number of nitrogens with one attached hydrogen (secondary N) is 1. The minimum atomic E-state index is -0.0620. The van der Waals surface area contributed by atoms with Crippen molar-refractivity contribution < 1.29 is 4.74 Å². The lowest BCUT2D eigenvalue weighted by molar-refractivity contribution is 0.206. The minimum Gasteiger partial charge on any atom is -0.485 e. The summed E-state index contributed by atoms with van der Waals surface area (Å²) in [6, 6.07) is 17.9. The van der Waals surface area contributed by atoms with Gasteiger partial charge in [-0.3, -0.25) is 5.43 Å². The highest BCUT2D eigenvalue weighted by atomic mass is 32.1. The molecule has 21 heavy (non-hydrogen) atoms. The van der Waals surface area contributed by atoms with Crippen molar-refractivity contribution in [3.8, 4) is 5.75 Å². The number of fused-ring (bicyclic) bond motifs is 1. The van der Waals surface area contributed by atoms with E-state index in [0.717, 1.165) is 22.6 Å². The maximum Gasteiger partial charge on any atom is 0.184 e. The molecule has 0 saturated heterocycles. The number of hydrazone groups is 1. The molecule has 0 radical (unpaired) electrons. The van der Waals surface area contributed by atoms with Crippen molar-refractivity contribution in [3.63, 3.8) is 0 Å². The number of hydrogen-bond donors (Lipinski definition) is 2. The third-order valence-corrected chi connectivity index (χ3v) is 3.41. The monoisotopic (exact) mass is 297 g/mol. The smallest absolute Gasteiger partial charge is 0.184 e. The van der Waals surface area contributed by atoms with Gasteiger partial charge in [0.1, 0.15) is 11.9 Å². The molecule has 0 amide bonds. The van der Waals surface area contributed by atoms with E-state index in [1.807, 2.05) is 42.5 Å². The zero-order valence-corrected chi connectivity index (χ0v) is 12.1. The first-order chi connectivity index (χ1) is 10.2. The van der Waals surface area contributed by atoms with E-state index in [-0.39, 0.29) is 11.2 Å². The van der Waals surface area contributed by atoms with Gasteiger partial charge in [0.25, 0.3) is 0 Å². The number of para-hydroxylation sites is 1. The summed E-state index contributed by atoms with van der Waals surface area (Å²) in [5.74, 6) is 0.820. The van der Waals surface area contributed by atoms with E-state index in [2.05, 4.69) is 22.7 Å². The van der Waals surface area contributed by atoms with Crippen molar-refractivity contribution in [2.45, 2.75) is 12.5 Å². The Kier molecular flexibility index (Phi) is 3.83. The van der Waals surface area contributed by atoms with Gasteiger partial charge in [-0.15, -0.1) is 0 Å². The normalized spacial score (nSPS) is 18.7. The van der Waals surface area contributed by atoms with Crippen LogP contribution in [0, 0.1) is 0 Å². The number of hydrogen-bond acceptors (Lipinski definition) is 3. The van der Waals surface area contributed by atoms with E-state index in [1.165, 1.54) is 0 Å². The second-order valence-electron chi connectivity index (χ2n) is 4.75. The van der Waals surface area contributed by atoms with E-state index in [0.29, 0.717) is 6.42 Å². The summed E-state index contributed by atoms with van der Waals surface area (Å²) >= 11 is 4.81. The fourth-order valence-corrected chi connectivity index (χ4v) is 2.42. The Labute approximate surface area is 128 Å².